The van der Waals surface area contributed by atoms with Gasteiger partial charge in [0.2, 0.25) is 10.0 Å². The summed E-state index contributed by atoms with van der Waals surface area (Å²) in [5, 5.41) is 3.94. The quantitative estimate of drug-likeness (QED) is 0.738. The minimum absolute atomic E-state index is 0.0668. The van der Waals surface area contributed by atoms with Gasteiger partial charge in [-0.2, -0.15) is 5.10 Å². The molecule has 1 aromatic rings. The number of sulfonamides is 1. The number of aromatic nitrogens is 2. The van der Waals surface area contributed by atoms with Gasteiger partial charge < -0.3 is 5.73 Å². The lowest BCUT2D eigenvalue weighted by molar-refractivity contribution is 0.543. The number of nitrogens with one attached hydrogen (secondary N) is 1. The number of hydrogen-bond donors (Lipinski definition) is 2. The highest BCUT2D eigenvalue weighted by Crippen LogP contribution is 2.09. The third-order valence-electron chi connectivity index (χ3n) is 2.36. The SMILES string of the molecule is CCCC(C)NS(=O)(=O)c1cnn(CCN)c1. The lowest BCUT2D eigenvalue weighted by Crippen LogP contribution is -2.32. The Morgan fingerprint density at radius 1 is 1.59 bits per heavy atom. The molecular weight excluding hydrogens is 240 g/mol. The van der Waals surface area contributed by atoms with Crippen LogP contribution in [0.25, 0.3) is 0 Å². The molecule has 0 spiro atoms. The summed E-state index contributed by atoms with van der Waals surface area (Å²) in [5.41, 5.74) is 5.37. The Labute approximate surface area is 102 Å². The molecule has 1 rings (SSSR count). The van der Waals surface area contributed by atoms with Crippen molar-refractivity contribution in [2.75, 3.05) is 6.54 Å². The van der Waals surface area contributed by atoms with Crippen LogP contribution in [0, 0.1) is 0 Å². The first-order valence-corrected chi connectivity index (χ1v) is 7.22. The number of hydrogen-bond acceptors (Lipinski definition) is 4. The summed E-state index contributed by atoms with van der Waals surface area (Å²) in [4.78, 5) is 0.189. The smallest absolute Gasteiger partial charge is 0.243 e. The topological polar surface area (TPSA) is 90.0 Å². The molecule has 1 unspecified atom stereocenters. The normalized spacial score (nSPS) is 13.8. The van der Waals surface area contributed by atoms with Crippen molar-refractivity contribution in [2.24, 2.45) is 5.73 Å². The van der Waals surface area contributed by atoms with E-state index in [2.05, 4.69) is 9.82 Å². The predicted octanol–water partition coefficient (Wildman–Crippen LogP) is 0.309. The Hall–Kier alpha value is -0.920. The highest BCUT2D eigenvalue weighted by Gasteiger charge is 2.18. The Morgan fingerprint density at radius 3 is 2.88 bits per heavy atom. The lowest BCUT2D eigenvalue weighted by atomic mass is 10.2. The van der Waals surface area contributed by atoms with E-state index in [0.717, 1.165) is 12.8 Å². The molecule has 0 aliphatic heterocycles. The van der Waals surface area contributed by atoms with Crippen LogP contribution in [0.1, 0.15) is 26.7 Å². The zero-order chi connectivity index (χ0) is 12.9. The maximum Gasteiger partial charge on any atom is 0.243 e. The zero-order valence-electron chi connectivity index (χ0n) is 10.3. The van der Waals surface area contributed by atoms with Gasteiger partial charge >= 0.3 is 0 Å². The summed E-state index contributed by atoms with van der Waals surface area (Å²) in [7, 11) is -3.45. The van der Waals surface area contributed by atoms with Crippen molar-refractivity contribution in [1.29, 1.82) is 0 Å². The van der Waals surface area contributed by atoms with Crippen molar-refractivity contribution in [3.8, 4) is 0 Å². The van der Waals surface area contributed by atoms with Gasteiger partial charge in [0, 0.05) is 18.8 Å². The molecule has 6 nitrogen and oxygen atoms in total. The second-order valence-electron chi connectivity index (χ2n) is 4.04. The molecule has 0 aliphatic carbocycles. The second-order valence-corrected chi connectivity index (χ2v) is 5.75. The fourth-order valence-corrected chi connectivity index (χ4v) is 2.79. The molecule has 0 aliphatic rings. The molecule has 3 N–H and O–H groups in total. The van der Waals surface area contributed by atoms with E-state index >= 15 is 0 Å². The first kappa shape index (κ1) is 14.1. The zero-order valence-corrected chi connectivity index (χ0v) is 11.1. The molecule has 98 valence electrons. The molecule has 7 heteroatoms. The van der Waals surface area contributed by atoms with Gasteiger partial charge in [-0.25, -0.2) is 13.1 Å². The first-order valence-electron chi connectivity index (χ1n) is 5.74. The molecule has 1 atom stereocenters. The van der Waals surface area contributed by atoms with E-state index in [0.29, 0.717) is 13.1 Å². The summed E-state index contributed by atoms with van der Waals surface area (Å²) in [5.74, 6) is 0. The van der Waals surface area contributed by atoms with Gasteiger partial charge in [-0.3, -0.25) is 4.68 Å². The summed E-state index contributed by atoms with van der Waals surface area (Å²) in [6.45, 7) is 4.82. The first-order chi connectivity index (χ1) is 7.99. The number of nitrogens with two attached hydrogens (primary N) is 1. The highest BCUT2D eigenvalue weighted by atomic mass is 32.2. The minimum atomic E-state index is -3.45. The van der Waals surface area contributed by atoms with E-state index in [9.17, 15) is 8.42 Å². The van der Waals surface area contributed by atoms with E-state index in [1.54, 1.807) is 0 Å². The third-order valence-corrected chi connectivity index (χ3v) is 3.90. The second kappa shape index (κ2) is 6.13. The molecule has 0 fully saturated rings. The molecule has 17 heavy (non-hydrogen) atoms. The van der Waals surface area contributed by atoms with Crippen LogP contribution in [-0.2, 0) is 16.6 Å². The Bertz CT molecular complexity index is 441. The van der Waals surface area contributed by atoms with Crippen molar-refractivity contribution in [3.63, 3.8) is 0 Å². The highest BCUT2D eigenvalue weighted by molar-refractivity contribution is 7.89. The van der Waals surface area contributed by atoms with Crippen LogP contribution < -0.4 is 10.5 Å². The van der Waals surface area contributed by atoms with Gasteiger partial charge in [-0.1, -0.05) is 13.3 Å². The van der Waals surface area contributed by atoms with Crippen LogP contribution in [-0.4, -0.2) is 30.8 Å². The van der Waals surface area contributed by atoms with Gasteiger partial charge in [0.25, 0.3) is 0 Å². The van der Waals surface area contributed by atoms with Crippen molar-refractivity contribution in [1.82, 2.24) is 14.5 Å². The standard InChI is InChI=1S/C10H20N4O2S/c1-3-4-9(2)13-17(15,16)10-7-12-14(8-10)6-5-11/h7-9,13H,3-6,11H2,1-2H3. The summed E-state index contributed by atoms with van der Waals surface area (Å²) >= 11 is 0. The van der Waals surface area contributed by atoms with Crippen LogP contribution in [0.4, 0.5) is 0 Å². The third kappa shape index (κ3) is 4.10. The fraction of sp³-hybridized carbons (Fsp3) is 0.700. The molecule has 0 amide bonds. The largest absolute Gasteiger partial charge is 0.329 e. The van der Waals surface area contributed by atoms with Gasteiger partial charge in [-0.15, -0.1) is 0 Å². The molecular formula is C10H20N4O2S. The molecule has 1 aromatic heterocycles. The van der Waals surface area contributed by atoms with E-state index in [1.165, 1.54) is 17.1 Å². The van der Waals surface area contributed by atoms with Crippen molar-refractivity contribution in [3.05, 3.63) is 12.4 Å². The van der Waals surface area contributed by atoms with Crippen LogP contribution in [0.15, 0.2) is 17.3 Å². The fourth-order valence-electron chi connectivity index (χ4n) is 1.56. The maximum absolute atomic E-state index is 11.9. The van der Waals surface area contributed by atoms with Crippen molar-refractivity contribution >= 4 is 10.0 Å². The lowest BCUT2D eigenvalue weighted by Gasteiger charge is -2.11. The van der Waals surface area contributed by atoms with Gasteiger partial charge in [0.1, 0.15) is 4.90 Å². The number of rotatable bonds is 7. The number of nitrogens with zero attached hydrogens (tertiary/aromatic N) is 2. The monoisotopic (exact) mass is 260 g/mol. The van der Waals surface area contributed by atoms with Crippen molar-refractivity contribution in [2.45, 2.75) is 44.2 Å². The molecule has 1 heterocycles. The molecule has 0 saturated carbocycles. The van der Waals surface area contributed by atoms with Gasteiger partial charge in [-0.05, 0) is 13.3 Å². The van der Waals surface area contributed by atoms with E-state index in [1.807, 2.05) is 13.8 Å². The van der Waals surface area contributed by atoms with Crippen LogP contribution in [0.5, 0.6) is 0 Å². The van der Waals surface area contributed by atoms with Crippen LogP contribution in [0.2, 0.25) is 0 Å². The minimum Gasteiger partial charge on any atom is -0.329 e. The van der Waals surface area contributed by atoms with E-state index in [4.69, 9.17) is 5.73 Å². The van der Waals surface area contributed by atoms with E-state index < -0.39 is 10.0 Å². The van der Waals surface area contributed by atoms with E-state index in [-0.39, 0.29) is 10.9 Å². The van der Waals surface area contributed by atoms with Crippen LogP contribution >= 0.6 is 0 Å². The van der Waals surface area contributed by atoms with Gasteiger partial charge in [0.15, 0.2) is 0 Å². The van der Waals surface area contributed by atoms with Gasteiger partial charge in [0.05, 0.1) is 12.7 Å². The molecule has 0 radical (unpaired) electrons. The summed E-state index contributed by atoms with van der Waals surface area (Å²) in [6, 6.07) is -0.0668. The predicted molar refractivity (Wildman–Crippen MR) is 66.0 cm³/mol. The maximum atomic E-state index is 11.9. The molecule has 0 bridgehead atoms. The summed E-state index contributed by atoms with van der Waals surface area (Å²) in [6.07, 6.45) is 4.59. The Kier molecular flexibility index (Phi) is 5.10. The average Bonchev–Trinajstić information content (AvgIpc) is 2.67. The van der Waals surface area contributed by atoms with Crippen LogP contribution in [0.3, 0.4) is 0 Å². The van der Waals surface area contributed by atoms with Crippen molar-refractivity contribution < 1.29 is 8.42 Å². The molecule has 0 saturated heterocycles. The summed E-state index contributed by atoms with van der Waals surface area (Å²) < 4.78 is 28.0. The Morgan fingerprint density at radius 2 is 2.29 bits per heavy atom. The average molecular weight is 260 g/mol. The Balaban J connectivity index is 2.75. The molecule has 0 aromatic carbocycles.